The van der Waals surface area contributed by atoms with Gasteiger partial charge in [-0.3, -0.25) is 4.79 Å². The Morgan fingerprint density at radius 1 is 1.22 bits per heavy atom. The minimum atomic E-state index is -0.0974. The Kier molecular flexibility index (Phi) is 4.40. The molecule has 0 aliphatic heterocycles. The van der Waals surface area contributed by atoms with Crippen LogP contribution in [0.4, 0.5) is 5.69 Å². The van der Waals surface area contributed by atoms with Crippen molar-refractivity contribution in [1.82, 2.24) is 0 Å². The first-order valence-corrected chi connectivity index (χ1v) is 7.27. The molecule has 0 aliphatic rings. The summed E-state index contributed by atoms with van der Waals surface area (Å²) in [6.07, 6.45) is 0. The highest BCUT2D eigenvalue weighted by Crippen LogP contribution is 2.22. The molecule has 0 bridgehead atoms. The van der Waals surface area contributed by atoms with E-state index in [0.717, 1.165) is 13.7 Å². The number of benzene rings is 2. The maximum Gasteiger partial charge on any atom is 0.255 e. The maximum atomic E-state index is 12.1. The van der Waals surface area contributed by atoms with Gasteiger partial charge in [0.05, 0.1) is 5.69 Å². The normalized spacial score (nSPS) is 10.2. The lowest BCUT2D eigenvalue weighted by atomic mass is 10.1. The Bertz CT molecular complexity index is 598. The number of hydrogen-bond donors (Lipinski definition) is 1. The minimum Gasteiger partial charge on any atom is -0.321 e. The summed E-state index contributed by atoms with van der Waals surface area (Å²) in [5.41, 5.74) is 2.62. The molecule has 92 valence electrons. The van der Waals surface area contributed by atoms with Crippen LogP contribution in [-0.4, -0.2) is 5.91 Å². The van der Waals surface area contributed by atoms with Gasteiger partial charge in [-0.25, -0.2) is 0 Å². The van der Waals surface area contributed by atoms with Gasteiger partial charge in [-0.05, 0) is 75.3 Å². The van der Waals surface area contributed by atoms with Crippen LogP contribution in [0.15, 0.2) is 46.9 Å². The first-order chi connectivity index (χ1) is 8.58. The molecule has 2 rings (SSSR count). The van der Waals surface area contributed by atoms with Gasteiger partial charge < -0.3 is 5.32 Å². The third-order valence-electron chi connectivity index (χ3n) is 2.56. The van der Waals surface area contributed by atoms with Gasteiger partial charge in [-0.2, -0.15) is 0 Å². The molecule has 1 N–H and O–H groups in total. The average molecular weight is 416 g/mol. The fraction of sp³-hybridized carbons (Fsp3) is 0.0714. The second kappa shape index (κ2) is 5.84. The number of hydrogen-bond acceptors (Lipinski definition) is 1. The maximum absolute atomic E-state index is 12.1. The SMILES string of the molecule is Cc1ccc(C(=O)Nc2ccccc2Br)cc1I. The van der Waals surface area contributed by atoms with Crippen molar-refractivity contribution in [3.8, 4) is 0 Å². The van der Waals surface area contributed by atoms with E-state index in [9.17, 15) is 4.79 Å². The summed E-state index contributed by atoms with van der Waals surface area (Å²) in [5.74, 6) is -0.0974. The average Bonchev–Trinajstić information content (AvgIpc) is 2.35. The lowest BCUT2D eigenvalue weighted by molar-refractivity contribution is 0.102. The van der Waals surface area contributed by atoms with E-state index < -0.39 is 0 Å². The number of anilines is 1. The predicted octanol–water partition coefficient (Wildman–Crippen LogP) is 4.61. The van der Waals surface area contributed by atoms with Crippen molar-refractivity contribution in [1.29, 1.82) is 0 Å². The van der Waals surface area contributed by atoms with Gasteiger partial charge in [0.25, 0.3) is 5.91 Å². The van der Waals surface area contributed by atoms with E-state index >= 15 is 0 Å². The van der Waals surface area contributed by atoms with E-state index in [1.165, 1.54) is 5.56 Å². The number of halogens is 2. The molecular formula is C14H11BrINO. The van der Waals surface area contributed by atoms with Gasteiger partial charge >= 0.3 is 0 Å². The van der Waals surface area contributed by atoms with Crippen LogP contribution >= 0.6 is 38.5 Å². The molecule has 4 heteroatoms. The van der Waals surface area contributed by atoms with Crippen LogP contribution in [0.1, 0.15) is 15.9 Å². The number of aryl methyl sites for hydroxylation is 1. The Labute approximate surface area is 128 Å². The quantitative estimate of drug-likeness (QED) is 0.712. The van der Waals surface area contributed by atoms with Crippen LogP contribution in [0, 0.1) is 10.5 Å². The lowest BCUT2D eigenvalue weighted by Gasteiger charge is -2.08. The van der Waals surface area contributed by atoms with Crippen molar-refractivity contribution in [3.63, 3.8) is 0 Å². The number of rotatable bonds is 2. The van der Waals surface area contributed by atoms with Crippen molar-refractivity contribution < 1.29 is 4.79 Å². The topological polar surface area (TPSA) is 29.1 Å². The highest BCUT2D eigenvalue weighted by Gasteiger charge is 2.08. The summed E-state index contributed by atoms with van der Waals surface area (Å²) in [5, 5.41) is 2.88. The number of nitrogens with one attached hydrogen (secondary N) is 1. The third kappa shape index (κ3) is 3.11. The zero-order valence-electron chi connectivity index (χ0n) is 9.71. The van der Waals surface area contributed by atoms with Crippen LogP contribution < -0.4 is 5.32 Å². The number of amides is 1. The molecule has 0 saturated heterocycles. The first kappa shape index (κ1) is 13.5. The minimum absolute atomic E-state index is 0.0974. The molecule has 2 aromatic carbocycles. The van der Waals surface area contributed by atoms with E-state index in [1.807, 2.05) is 49.4 Å². The second-order valence-corrected chi connectivity index (χ2v) is 5.91. The number of carbonyl (C=O) groups excluding carboxylic acids is 1. The van der Waals surface area contributed by atoms with Crippen LogP contribution in [0.2, 0.25) is 0 Å². The van der Waals surface area contributed by atoms with E-state index in [-0.39, 0.29) is 5.91 Å². The van der Waals surface area contributed by atoms with Crippen molar-refractivity contribution in [2.75, 3.05) is 5.32 Å². The summed E-state index contributed by atoms with van der Waals surface area (Å²) in [6.45, 7) is 2.03. The first-order valence-electron chi connectivity index (χ1n) is 5.40. The monoisotopic (exact) mass is 415 g/mol. The Balaban J connectivity index is 2.22. The number of para-hydroxylation sites is 1. The van der Waals surface area contributed by atoms with Gasteiger partial charge in [0, 0.05) is 13.6 Å². The second-order valence-electron chi connectivity index (χ2n) is 3.90. The van der Waals surface area contributed by atoms with Gasteiger partial charge in [0.2, 0.25) is 0 Å². The molecule has 0 aromatic heterocycles. The fourth-order valence-electron chi connectivity index (χ4n) is 1.49. The molecule has 0 aliphatic carbocycles. The molecule has 0 atom stereocenters. The molecule has 0 unspecified atom stereocenters. The van der Waals surface area contributed by atoms with Crippen molar-refractivity contribution in [3.05, 3.63) is 61.6 Å². The molecule has 0 saturated carbocycles. The van der Waals surface area contributed by atoms with Crippen LogP contribution in [0.25, 0.3) is 0 Å². The van der Waals surface area contributed by atoms with Gasteiger partial charge in [0.15, 0.2) is 0 Å². The molecule has 18 heavy (non-hydrogen) atoms. The largest absolute Gasteiger partial charge is 0.321 e. The predicted molar refractivity (Wildman–Crippen MR) is 86.0 cm³/mol. The summed E-state index contributed by atoms with van der Waals surface area (Å²) < 4.78 is 1.97. The third-order valence-corrected chi connectivity index (χ3v) is 4.41. The standard InChI is InChI=1S/C14H11BrINO/c1-9-6-7-10(8-12(9)16)14(18)17-13-5-3-2-4-11(13)15/h2-8H,1H3,(H,17,18). The van der Waals surface area contributed by atoms with Crippen molar-refractivity contribution in [2.45, 2.75) is 6.92 Å². The summed E-state index contributed by atoms with van der Waals surface area (Å²) in [6, 6.07) is 13.2. The Hall–Kier alpha value is -0.880. The molecule has 2 nitrogen and oxygen atoms in total. The Morgan fingerprint density at radius 2 is 1.94 bits per heavy atom. The van der Waals surface area contributed by atoms with Crippen LogP contribution in [0.3, 0.4) is 0 Å². The zero-order chi connectivity index (χ0) is 13.1. The Morgan fingerprint density at radius 3 is 2.61 bits per heavy atom. The van der Waals surface area contributed by atoms with E-state index in [4.69, 9.17) is 0 Å². The van der Waals surface area contributed by atoms with E-state index in [0.29, 0.717) is 5.56 Å². The van der Waals surface area contributed by atoms with Crippen LogP contribution in [-0.2, 0) is 0 Å². The van der Waals surface area contributed by atoms with Gasteiger partial charge in [0.1, 0.15) is 0 Å². The zero-order valence-corrected chi connectivity index (χ0v) is 13.4. The van der Waals surface area contributed by atoms with Gasteiger partial charge in [-0.15, -0.1) is 0 Å². The molecule has 1 amide bonds. The molecule has 0 radical (unpaired) electrons. The number of carbonyl (C=O) groups is 1. The molecule has 2 aromatic rings. The molecule has 0 spiro atoms. The van der Waals surface area contributed by atoms with E-state index in [2.05, 4.69) is 43.8 Å². The van der Waals surface area contributed by atoms with Gasteiger partial charge in [-0.1, -0.05) is 18.2 Å². The highest BCUT2D eigenvalue weighted by atomic mass is 127. The smallest absolute Gasteiger partial charge is 0.255 e. The molecule has 0 heterocycles. The highest BCUT2D eigenvalue weighted by molar-refractivity contribution is 14.1. The molecular weight excluding hydrogens is 405 g/mol. The van der Waals surface area contributed by atoms with Crippen LogP contribution in [0.5, 0.6) is 0 Å². The van der Waals surface area contributed by atoms with E-state index in [1.54, 1.807) is 0 Å². The summed E-state index contributed by atoms with van der Waals surface area (Å²) in [7, 11) is 0. The summed E-state index contributed by atoms with van der Waals surface area (Å²) in [4.78, 5) is 12.1. The lowest BCUT2D eigenvalue weighted by Crippen LogP contribution is -2.12. The van der Waals surface area contributed by atoms with Crippen molar-refractivity contribution >= 4 is 50.1 Å². The van der Waals surface area contributed by atoms with Crippen molar-refractivity contribution in [2.24, 2.45) is 0 Å². The summed E-state index contributed by atoms with van der Waals surface area (Å²) >= 11 is 5.64. The molecule has 0 fully saturated rings. The fourth-order valence-corrected chi connectivity index (χ4v) is 2.39.